The van der Waals surface area contributed by atoms with Crippen LogP contribution >= 0.6 is 0 Å². The zero-order valence-corrected chi connectivity index (χ0v) is 7.69. The average Bonchev–Trinajstić information content (AvgIpc) is 1.98. The SMILES string of the molecule is CC(CCCC(F)(F)F)NCCO. The summed E-state index contributed by atoms with van der Waals surface area (Å²) in [7, 11) is 0. The van der Waals surface area contributed by atoms with Gasteiger partial charge < -0.3 is 10.4 Å². The molecule has 0 aromatic rings. The van der Waals surface area contributed by atoms with E-state index in [1.165, 1.54) is 0 Å². The van der Waals surface area contributed by atoms with Crippen molar-refractivity contribution < 1.29 is 18.3 Å². The Morgan fingerprint density at radius 1 is 1.38 bits per heavy atom. The third kappa shape index (κ3) is 9.63. The molecule has 0 amide bonds. The van der Waals surface area contributed by atoms with Gasteiger partial charge in [-0.25, -0.2) is 0 Å². The van der Waals surface area contributed by atoms with Crippen molar-refractivity contribution in [1.82, 2.24) is 5.32 Å². The van der Waals surface area contributed by atoms with Gasteiger partial charge in [0.05, 0.1) is 6.61 Å². The van der Waals surface area contributed by atoms with Crippen molar-refractivity contribution in [2.75, 3.05) is 13.2 Å². The molecule has 1 unspecified atom stereocenters. The average molecular weight is 199 g/mol. The zero-order chi connectivity index (χ0) is 10.3. The molecule has 0 aliphatic heterocycles. The molecule has 80 valence electrons. The molecule has 0 fully saturated rings. The third-order valence-electron chi connectivity index (χ3n) is 1.70. The minimum Gasteiger partial charge on any atom is -0.395 e. The lowest BCUT2D eigenvalue weighted by atomic mass is 10.1. The molecule has 0 bridgehead atoms. The lowest BCUT2D eigenvalue weighted by Crippen LogP contribution is -2.28. The lowest BCUT2D eigenvalue weighted by molar-refractivity contribution is -0.135. The van der Waals surface area contributed by atoms with Crippen LogP contribution < -0.4 is 5.32 Å². The molecule has 0 radical (unpaired) electrons. The molecule has 0 saturated carbocycles. The van der Waals surface area contributed by atoms with Crippen molar-refractivity contribution in [1.29, 1.82) is 0 Å². The highest BCUT2D eigenvalue weighted by Gasteiger charge is 2.26. The van der Waals surface area contributed by atoms with Gasteiger partial charge in [0.25, 0.3) is 0 Å². The molecule has 0 saturated heterocycles. The predicted molar refractivity (Wildman–Crippen MR) is 44.5 cm³/mol. The molecule has 0 rings (SSSR count). The summed E-state index contributed by atoms with van der Waals surface area (Å²) in [6, 6.07) is 0.0366. The Labute approximate surface area is 76.1 Å². The maximum Gasteiger partial charge on any atom is 0.389 e. The smallest absolute Gasteiger partial charge is 0.389 e. The number of halogens is 3. The van der Waals surface area contributed by atoms with Crippen molar-refractivity contribution in [2.45, 2.75) is 38.4 Å². The van der Waals surface area contributed by atoms with E-state index in [1.54, 1.807) is 0 Å². The molecule has 0 aliphatic rings. The quantitative estimate of drug-likeness (QED) is 0.682. The molecule has 0 aliphatic carbocycles. The van der Waals surface area contributed by atoms with Crippen LogP contribution in [0.5, 0.6) is 0 Å². The summed E-state index contributed by atoms with van der Waals surface area (Å²) in [6.07, 6.45) is -4.14. The Hall–Kier alpha value is -0.290. The fourth-order valence-corrected chi connectivity index (χ4v) is 1.02. The Kier molecular flexibility index (Phi) is 6.07. The monoisotopic (exact) mass is 199 g/mol. The fraction of sp³-hybridized carbons (Fsp3) is 1.00. The van der Waals surface area contributed by atoms with E-state index in [1.807, 2.05) is 6.92 Å². The standard InChI is InChI=1S/C8H16F3NO/c1-7(12-5-6-13)3-2-4-8(9,10)11/h7,12-13H,2-6H2,1H3. The maximum atomic E-state index is 11.7. The molecule has 2 nitrogen and oxygen atoms in total. The van der Waals surface area contributed by atoms with Gasteiger partial charge in [-0.2, -0.15) is 13.2 Å². The van der Waals surface area contributed by atoms with Gasteiger partial charge in [0, 0.05) is 19.0 Å². The molecular weight excluding hydrogens is 183 g/mol. The van der Waals surface area contributed by atoms with E-state index in [2.05, 4.69) is 5.32 Å². The Balaban J connectivity index is 3.31. The van der Waals surface area contributed by atoms with Gasteiger partial charge in [-0.3, -0.25) is 0 Å². The van der Waals surface area contributed by atoms with Gasteiger partial charge in [0.15, 0.2) is 0 Å². The van der Waals surface area contributed by atoms with E-state index in [0.717, 1.165) is 0 Å². The normalized spacial score (nSPS) is 14.5. The van der Waals surface area contributed by atoms with Gasteiger partial charge in [-0.1, -0.05) is 0 Å². The van der Waals surface area contributed by atoms with Gasteiger partial charge in [-0.15, -0.1) is 0 Å². The van der Waals surface area contributed by atoms with Crippen molar-refractivity contribution in [3.8, 4) is 0 Å². The van der Waals surface area contributed by atoms with E-state index >= 15 is 0 Å². The first-order valence-corrected chi connectivity index (χ1v) is 4.36. The van der Waals surface area contributed by atoms with Crippen molar-refractivity contribution in [2.24, 2.45) is 0 Å². The second-order valence-electron chi connectivity index (χ2n) is 3.09. The van der Waals surface area contributed by atoms with Crippen molar-refractivity contribution in [3.05, 3.63) is 0 Å². The van der Waals surface area contributed by atoms with Gasteiger partial charge in [0.2, 0.25) is 0 Å². The van der Waals surface area contributed by atoms with Crippen molar-refractivity contribution >= 4 is 0 Å². The number of nitrogens with one attached hydrogen (secondary N) is 1. The second-order valence-corrected chi connectivity index (χ2v) is 3.09. The Bertz CT molecular complexity index is 127. The number of hydrogen-bond acceptors (Lipinski definition) is 2. The van der Waals surface area contributed by atoms with Gasteiger partial charge in [-0.05, 0) is 19.8 Å². The Morgan fingerprint density at radius 2 is 2.00 bits per heavy atom. The molecule has 0 aromatic carbocycles. The molecule has 2 N–H and O–H groups in total. The summed E-state index contributed by atoms with van der Waals surface area (Å²) >= 11 is 0. The van der Waals surface area contributed by atoms with E-state index in [-0.39, 0.29) is 19.1 Å². The van der Waals surface area contributed by atoms with Crippen LogP contribution in [0.3, 0.4) is 0 Å². The molecule has 0 spiro atoms. The molecule has 0 aromatic heterocycles. The summed E-state index contributed by atoms with van der Waals surface area (Å²) in [5.74, 6) is 0. The number of aliphatic hydroxyl groups is 1. The highest BCUT2D eigenvalue weighted by atomic mass is 19.4. The van der Waals surface area contributed by atoms with Gasteiger partial charge in [0.1, 0.15) is 0 Å². The van der Waals surface area contributed by atoms with Crippen LogP contribution in [0, 0.1) is 0 Å². The highest BCUT2D eigenvalue weighted by molar-refractivity contribution is 4.61. The molecule has 1 atom stereocenters. The third-order valence-corrected chi connectivity index (χ3v) is 1.70. The van der Waals surface area contributed by atoms with Crippen LogP contribution in [-0.4, -0.2) is 30.5 Å². The molecule has 13 heavy (non-hydrogen) atoms. The van der Waals surface area contributed by atoms with Crippen LogP contribution in [0.4, 0.5) is 13.2 Å². The van der Waals surface area contributed by atoms with Crippen LogP contribution in [0.1, 0.15) is 26.2 Å². The summed E-state index contributed by atoms with van der Waals surface area (Å²) in [6.45, 7) is 2.27. The van der Waals surface area contributed by atoms with Crippen molar-refractivity contribution in [3.63, 3.8) is 0 Å². The van der Waals surface area contributed by atoms with E-state index < -0.39 is 12.6 Å². The largest absolute Gasteiger partial charge is 0.395 e. The predicted octanol–water partition coefficient (Wildman–Crippen LogP) is 1.69. The number of hydrogen-bond donors (Lipinski definition) is 2. The number of alkyl halides is 3. The summed E-state index contributed by atoms with van der Waals surface area (Å²) < 4.78 is 35.1. The van der Waals surface area contributed by atoms with E-state index in [4.69, 9.17) is 5.11 Å². The van der Waals surface area contributed by atoms with Crippen LogP contribution in [0.25, 0.3) is 0 Å². The molecule has 5 heteroatoms. The number of aliphatic hydroxyl groups excluding tert-OH is 1. The van der Waals surface area contributed by atoms with Crippen LogP contribution in [0.15, 0.2) is 0 Å². The maximum absolute atomic E-state index is 11.7. The summed E-state index contributed by atoms with van der Waals surface area (Å²) in [5, 5.41) is 11.3. The fourth-order valence-electron chi connectivity index (χ4n) is 1.02. The number of rotatable bonds is 6. The first-order valence-electron chi connectivity index (χ1n) is 4.36. The Morgan fingerprint density at radius 3 is 2.46 bits per heavy atom. The first kappa shape index (κ1) is 12.7. The second kappa shape index (κ2) is 6.21. The molecular formula is C8H16F3NO. The topological polar surface area (TPSA) is 32.3 Å². The summed E-state index contributed by atoms with van der Waals surface area (Å²) in [4.78, 5) is 0. The highest BCUT2D eigenvalue weighted by Crippen LogP contribution is 2.22. The minimum atomic E-state index is -4.04. The van der Waals surface area contributed by atoms with E-state index in [9.17, 15) is 13.2 Å². The lowest BCUT2D eigenvalue weighted by Gasteiger charge is -2.13. The first-order chi connectivity index (χ1) is 5.95. The summed E-state index contributed by atoms with van der Waals surface area (Å²) in [5.41, 5.74) is 0. The van der Waals surface area contributed by atoms with Gasteiger partial charge >= 0.3 is 6.18 Å². The van der Waals surface area contributed by atoms with E-state index in [0.29, 0.717) is 13.0 Å². The molecule has 0 heterocycles. The van der Waals surface area contributed by atoms with Crippen LogP contribution in [0.2, 0.25) is 0 Å². The zero-order valence-electron chi connectivity index (χ0n) is 7.69. The van der Waals surface area contributed by atoms with Crippen LogP contribution in [-0.2, 0) is 0 Å². The minimum absolute atomic E-state index is 0.0175.